The average molecular weight is 427 g/mol. The minimum atomic E-state index is -0.769. The number of hydrogen-bond donors (Lipinski definition) is 2. The van der Waals surface area contributed by atoms with E-state index < -0.39 is 11.4 Å². The van der Waals surface area contributed by atoms with Crippen LogP contribution in [0, 0.1) is 12.3 Å². The fraction of sp³-hybridized carbons (Fsp3) is 0.440. The first-order valence-electron chi connectivity index (χ1n) is 10.7. The second kappa shape index (κ2) is 11.0. The van der Waals surface area contributed by atoms with Crippen LogP contribution < -0.4 is 4.90 Å². The monoisotopic (exact) mass is 426 g/mol. The number of anilines is 1. The molecule has 31 heavy (non-hydrogen) atoms. The lowest BCUT2D eigenvalue weighted by Gasteiger charge is -2.25. The summed E-state index contributed by atoms with van der Waals surface area (Å²) < 4.78 is 0. The fourth-order valence-electron chi connectivity index (χ4n) is 3.99. The maximum absolute atomic E-state index is 11.6. The number of hydrogen-bond acceptors (Lipinski definition) is 4. The Bertz CT molecular complexity index is 895. The predicted molar refractivity (Wildman–Crippen MR) is 123 cm³/mol. The van der Waals surface area contributed by atoms with Crippen LogP contribution >= 0.6 is 0 Å². The number of aliphatic carboxylic acids is 1. The van der Waals surface area contributed by atoms with Crippen LogP contribution in [0.4, 0.5) is 5.69 Å². The second-order valence-electron chi connectivity index (χ2n) is 8.66. The van der Waals surface area contributed by atoms with E-state index in [-0.39, 0.29) is 6.47 Å². The maximum Gasteiger partial charge on any atom is 0.309 e. The number of benzene rings is 2. The summed E-state index contributed by atoms with van der Waals surface area (Å²) in [5.41, 5.74) is 5.54. The summed E-state index contributed by atoms with van der Waals surface area (Å²) >= 11 is 0. The lowest BCUT2D eigenvalue weighted by molar-refractivity contribution is -0.146. The molecular weight excluding hydrogens is 392 g/mol. The summed E-state index contributed by atoms with van der Waals surface area (Å²) in [6, 6.07) is 15.1. The van der Waals surface area contributed by atoms with Gasteiger partial charge in [-0.3, -0.25) is 14.5 Å². The molecule has 1 aliphatic rings. The Hall–Kier alpha value is -2.86. The van der Waals surface area contributed by atoms with Gasteiger partial charge in [0.15, 0.2) is 0 Å². The van der Waals surface area contributed by atoms with Gasteiger partial charge in [-0.1, -0.05) is 42.0 Å². The molecule has 0 saturated carbocycles. The topological polar surface area (TPSA) is 81.1 Å². The summed E-state index contributed by atoms with van der Waals surface area (Å²) in [6.07, 6.45) is 0.545. The quantitative estimate of drug-likeness (QED) is 0.674. The second-order valence-corrected chi connectivity index (χ2v) is 8.66. The smallest absolute Gasteiger partial charge is 0.309 e. The molecule has 0 bridgehead atoms. The molecule has 0 fully saturated rings. The Labute approximate surface area is 185 Å². The van der Waals surface area contributed by atoms with Crippen LogP contribution in [-0.4, -0.2) is 47.2 Å². The van der Waals surface area contributed by atoms with Crippen LogP contribution in [0.1, 0.15) is 43.0 Å². The third-order valence-electron chi connectivity index (χ3n) is 5.76. The molecule has 0 unspecified atom stereocenters. The van der Waals surface area contributed by atoms with E-state index in [4.69, 9.17) is 9.90 Å². The number of likely N-dealkylation sites (N-methyl/N-ethyl adjacent to an activating group) is 1. The van der Waals surface area contributed by atoms with E-state index in [0.717, 1.165) is 38.3 Å². The molecule has 2 aromatic carbocycles. The van der Waals surface area contributed by atoms with Gasteiger partial charge in [-0.25, -0.2) is 0 Å². The molecule has 0 atom stereocenters. The van der Waals surface area contributed by atoms with Crippen LogP contribution in [0.3, 0.4) is 0 Å². The average Bonchev–Trinajstić information content (AvgIpc) is 2.89. The van der Waals surface area contributed by atoms with E-state index in [9.17, 15) is 9.90 Å². The summed E-state index contributed by atoms with van der Waals surface area (Å²) in [5, 5.41) is 16.4. The van der Waals surface area contributed by atoms with Crippen molar-refractivity contribution < 1.29 is 19.8 Å². The van der Waals surface area contributed by atoms with Crippen LogP contribution in [0.15, 0.2) is 42.5 Å². The summed E-state index contributed by atoms with van der Waals surface area (Å²) in [5.74, 6) is -0.749. The molecule has 2 aromatic rings. The third-order valence-corrected chi connectivity index (χ3v) is 5.76. The Morgan fingerprint density at radius 3 is 2.45 bits per heavy atom. The van der Waals surface area contributed by atoms with Crippen molar-refractivity contribution in [3.63, 3.8) is 0 Å². The van der Waals surface area contributed by atoms with Gasteiger partial charge in [-0.2, -0.15) is 0 Å². The molecule has 168 valence electrons. The van der Waals surface area contributed by atoms with E-state index in [1.54, 1.807) is 13.8 Å². The molecule has 1 aliphatic heterocycles. The first kappa shape index (κ1) is 24.4. The van der Waals surface area contributed by atoms with Gasteiger partial charge in [0.25, 0.3) is 6.47 Å². The van der Waals surface area contributed by atoms with Gasteiger partial charge in [0.2, 0.25) is 0 Å². The summed E-state index contributed by atoms with van der Waals surface area (Å²) in [7, 11) is 0. The van der Waals surface area contributed by atoms with Crippen molar-refractivity contribution in [2.75, 3.05) is 24.5 Å². The highest BCUT2D eigenvalue weighted by molar-refractivity contribution is 5.74. The predicted octanol–water partition coefficient (Wildman–Crippen LogP) is 4.19. The molecule has 0 aliphatic carbocycles. The van der Waals surface area contributed by atoms with Gasteiger partial charge in [0.1, 0.15) is 0 Å². The lowest BCUT2D eigenvalue weighted by atomic mass is 9.84. The number of fused-ring (bicyclic) bond motifs is 1. The molecule has 1 heterocycles. The van der Waals surface area contributed by atoms with Gasteiger partial charge < -0.3 is 15.1 Å². The van der Waals surface area contributed by atoms with Crippen molar-refractivity contribution >= 4 is 18.1 Å². The number of carboxylic acid groups (broad SMARTS) is 2. The van der Waals surface area contributed by atoms with Crippen LogP contribution in [0.5, 0.6) is 0 Å². The first-order valence-corrected chi connectivity index (χ1v) is 10.7. The first-order chi connectivity index (χ1) is 14.7. The van der Waals surface area contributed by atoms with Crippen molar-refractivity contribution in [3.05, 3.63) is 64.7 Å². The zero-order chi connectivity index (χ0) is 23.0. The van der Waals surface area contributed by atoms with Gasteiger partial charge in [0.05, 0.1) is 5.41 Å². The number of aryl methyl sites for hydroxylation is 1. The van der Waals surface area contributed by atoms with Crippen molar-refractivity contribution in [1.82, 2.24) is 4.90 Å². The minimum absolute atomic E-state index is 0.250. The number of para-hydroxylation sites is 1. The van der Waals surface area contributed by atoms with Gasteiger partial charge in [0, 0.05) is 38.4 Å². The standard InChI is InChI=1S/C24H32N2O2.CH2O2/c1-5-26-13-12-25(16-20-8-6-7-9-22(20)26)17-21-14-18(2)10-11-19(21)15-24(3,4)23(27)28;2-1-3/h6-11,14H,5,12-13,15-17H2,1-4H3,(H,27,28);1H,(H,2,3). The molecule has 0 saturated heterocycles. The molecule has 2 N–H and O–H groups in total. The van der Waals surface area contributed by atoms with Gasteiger partial charge in [-0.05, 0) is 56.9 Å². The highest BCUT2D eigenvalue weighted by Gasteiger charge is 2.29. The zero-order valence-electron chi connectivity index (χ0n) is 19.0. The summed E-state index contributed by atoms with van der Waals surface area (Å²) in [4.78, 5) is 24.9. The van der Waals surface area contributed by atoms with Crippen molar-refractivity contribution in [3.8, 4) is 0 Å². The molecule has 0 spiro atoms. The molecule has 0 radical (unpaired) electrons. The normalized spacial score (nSPS) is 14.1. The zero-order valence-corrected chi connectivity index (χ0v) is 19.0. The minimum Gasteiger partial charge on any atom is -0.483 e. The van der Waals surface area contributed by atoms with Crippen LogP contribution in [0.2, 0.25) is 0 Å². The Morgan fingerprint density at radius 2 is 1.81 bits per heavy atom. The number of rotatable bonds is 6. The SMILES string of the molecule is CCN1CCN(Cc2cc(C)ccc2CC(C)(C)C(=O)O)Cc2ccccc21.O=CO. The Kier molecular flexibility index (Phi) is 8.63. The highest BCUT2D eigenvalue weighted by atomic mass is 16.4. The van der Waals surface area contributed by atoms with E-state index >= 15 is 0 Å². The van der Waals surface area contributed by atoms with Gasteiger partial charge in [-0.15, -0.1) is 0 Å². The number of carboxylic acids is 1. The Balaban J connectivity index is 0.00000107. The van der Waals surface area contributed by atoms with E-state index in [1.165, 1.54) is 22.4 Å². The fourth-order valence-corrected chi connectivity index (χ4v) is 3.99. The van der Waals surface area contributed by atoms with Crippen molar-refractivity contribution in [2.24, 2.45) is 5.41 Å². The summed E-state index contributed by atoms with van der Waals surface area (Å²) in [6.45, 7) is 12.5. The van der Waals surface area contributed by atoms with Crippen molar-refractivity contribution in [1.29, 1.82) is 0 Å². The third kappa shape index (κ3) is 6.56. The molecule has 0 amide bonds. The number of nitrogens with zero attached hydrogens (tertiary/aromatic N) is 2. The molecule has 6 nitrogen and oxygen atoms in total. The van der Waals surface area contributed by atoms with E-state index in [2.05, 4.69) is 66.1 Å². The van der Waals surface area contributed by atoms with Crippen LogP contribution in [0.25, 0.3) is 0 Å². The largest absolute Gasteiger partial charge is 0.483 e. The maximum atomic E-state index is 11.6. The molecule has 0 aromatic heterocycles. The lowest BCUT2D eigenvalue weighted by Crippen LogP contribution is -2.32. The highest BCUT2D eigenvalue weighted by Crippen LogP contribution is 2.28. The molecule has 6 heteroatoms. The van der Waals surface area contributed by atoms with Gasteiger partial charge >= 0.3 is 5.97 Å². The van der Waals surface area contributed by atoms with E-state index in [1.807, 2.05) is 0 Å². The Morgan fingerprint density at radius 1 is 1.13 bits per heavy atom. The van der Waals surface area contributed by atoms with E-state index in [0.29, 0.717) is 6.42 Å². The van der Waals surface area contributed by atoms with Crippen LogP contribution in [-0.2, 0) is 29.1 Å². The molecular formula is C25H34N2O4. The number of carbonyl (C=O) groups is 2. The van der Waals surface area contributed by atoms with Crippen molar-refractivity contribution in [2.45, 2.75) is 47.2 Å². The molecule has 3 rings (SSSR count).